The first-order valence-corrected chi connectivity index (χ1v) is 4.20. The topological polar surface area (TPSA) is 73.3 Å². The molecule has 0 saturated carbocycles. The maximum atomic E-state index is 11.3. The van der Waals surface area contributed by atoms with E-state index >= 15 is 0 Å². The predicted octanol–water partition coefficient (Wildman–Crippen LogP) is 1.59. The van der Waals surface area contributed by atoms with Crippen LogP contribution in [0.15, 0.2) is 23.0 Å². The maximum absolute atomic E-state index is 11.3. The summed E-state index contributed by atoms with van der Waals surface area (Å²) in [5.74, 6) is -0.607. The van der Waals surface area contributed by atoms with Crippen LogP contribution in [0.4, 0.5) is 0 Å². The Morgan fingerprint density at radius 1 is 1.14 bits per heavy atom. The fourth-order valence-electron chi connectivity index (χ4n) is 1.26. The SMILES string of the molecule is O=c1[nH]c(Cl)cc2cc(O)c(O)cc12. The molecule has 0 aliphatic heterocycles. The highest BCUT2D eigenvalue weighted by molar-refractivity contribution is 6.30. The van der Waals surface area contributed by atoms with Crippen LogP contribution in [0.25, 0.3) is 10.8 Å². The molecule has 4 nitrogen and oxygen atoms in total. The van der Waals surface area contributed by atoms with Crippen LogP contribution in [-0.2, 0) is 0 Å². The van der Waals surface area contributed by atoms with Crippen molar-refractivity contribution in [1.82, 2.24) is 4.98 Å². The van der Waals surface area contributed by atoms with E-state index in [1.165, 1.54) is 18.2 Å². The molecule has 1 aromatic carbocycles. The molecule has 1 heterocycles. The lowest BCUT2D eigenvalue weighted by Gasteiger charge is -2.01. The summed E-state index contributed by atoms with van der Waals surface area (Å²) in [5.41, 5.74) is -0.400. The van der Waals surface area contributed by atoms with Crippen LogP contribution < -0.4 is 5.56 Å². The van der Waals surface area contributed by atoms with Crippen molar-refractivity contribution in [2.75, 3.05) is 0 Å². The van der Waals surface area contributed by atoms with E-state index in [1.54, 1.807) is 0 Å². The zero-order valence-corrected chi connectivity index (χ0v) is 7.67. The lowest BCUT2D eigenvalue weighted by Crippen LogP contribution is -2.05. The molecule has 0 radical (unpaired) electrons. The average molecular weight is 212 g/mol. The summed E-state index contributed by atoms with van der Waals surface area (Å²) < 4.78 is 0. The van der Waals surface area contributed by atoms with E-state index in [0.717, 1.165) is 0 Å². The normalized spacial score (nSPS) is 10.6. The number of H-pyrrole nitrogens is 1. The Morgan fingerprint density at radius 3 is 2.50 bits per heavy atom. The van der Waals surface area contributed by atoms with Crippen molar-refractivity contribution >= 4 is 22.4 Å². The van der Waals surface area contributed by atoms with Gasteiger partial charge in [0.05, 0.1) is 5.39 Å². The van der Waals surface area contributed by atoms with Crippen molar-refractivity contribution in [3.05, 3.63) is 33.7 Å². The van der Waals surface area contributed by atoms with Crippen molar-refractivity contribution in [1.29, 1.82) is 0 Å². The van der Waals surface area contributed by atoms with Gasteiger partial charge in [-0.1, -0.05) is 11.6 Å². The van der Waals surface area contributed by atoms with E-state index in [4.69, 9.17) is 11.6 Å². The minimum absolute atomic E-state index is 0.188. The van der Waals surface area contributed by atoms with Crippen molar-refractivity contribution in [3.63, 3.8) is 0 Å². The lowest BCUT2D eigenvalue weighted by molar-refractivity contribution is 0.405. The molecule has 0 aliphatic rings. The molecule has 0 aliphatic carbocycles. The van der Waals surface area contributed by atoms with Crippen molar-refractivity contribution in [2.45, 2.75) is 0 Å². The third-order valence-electron chi connectivity index (χ3n) is 1.91. The Bertz CT molecular complexity index is 562. The molecule has 0 atom stereocenters. The molecule has 1 aromatic heterocycles. The number of aromatic nitrogens is 1. The van der Waals surface area contributed by atoms with Crippen LogP contribution >= 0.6 is 11.6 Å². The Labute approximate surface area is 83.4 Å². The van der Waals surface area contributed by atoms with Crippen molar-refractivity contribution in [2.24, 2.45) is 0 Å². The molecule has 0 unspecified atom stereocenters. The molecule has 14 heavy (non-hydrogen) atoms. The minimum atomic E-state index is -0.400. The number of benzene rings is 1. The van der Waals surface area contributed by atoms with Gasteiger partial charge in [0.2, 0.25) is 0 Å². The summed E-state index contributed by atoms with van der Waals surface area (Å²) in [7, 11) is 0. The Hall–Kier alpha value is -1.68. The molecule has 5 heteroatoms. The Balaban J connectivity index is 2.96. The number of phenolic OH excluding ortho intramolecular Hbond substituents is 2. The van der Waals surface area contributed by atoms with Crippen LogP contribution in [0.5, 0.6) is 11.5 Å². The lowest BCUT2D eigenvalue weighted by atomic mass is 10.1. The molecule has 0 spiro atoms. The second kappa shape index (κ2) is 2.92. The average Bonchev–Trinajstić information content (AvgIpc) is 2.08. The zero-order valence-electron chi connectivity index (χ0n) is 6.91. The maximum Gasteiger partial charge on any atom is 0.257 e. The summed E-state index contributed by atoms with van der Waals surface area (Å²) in [6.07, 6.45) is 0. The van der Waals surface area contributed by atoms with Gasteiger partial charge >= 0.3 is 0 Å². The van der Waals surface area contributed by atoms with E-state index in [-0.39, 0.29) is 22.0 Å². The zero-order chi connectivity index (χ0) is 10.3. The van der Waals surface area contributed by atoms with Gasteiger partial charge in [0.15, 0.2) is 11.5 Å². The fourth-order valence-corrected chi connectivity index (χ4v) is 1.46. The number of hydrogen-bond acceptors (Lipinski definition) is 3. The highest BCUT2D eigenvalue weighted by atomic mass is 35.5. The summed E-state index contributed by atoms with van der Waals surface area (Å²) in [5, 5.41) is 19.3. The van der Waals surface area contributed by atoms with Gasteiger partial charge in [-0.15, -0.1) is 0 Å². The second-order valence-electron chi connectivity index (χ2n) is 2.87. The number of aromatic amines is 1. The molecular weight excluding hydrogens is 206 g/mol. The van der Waals surface area contributed by atoms with Gasteiger partial charge < -0.3 is 15.2 Å². The van der Waals surface area contributed by atoms with Gasteiger partial charge in [0.25, 0.3) is 5.56 Å². The molecule has 3 N–H and O–H groups in total. The molecule has 0 amide bonds. The van der Waals surface area contributed by atoms with E-state index in [0.29, 0.717) is 5.39 Å². The third kappa shape index (κ3) is 1.29. The molecule has 0 bridgehead atoms. The van der Waals surface area contributed by atoms with Gasteiger partial charge in [0, 0.05) is 0 Å². The van der Waals surface area contributed by atoms with Gasteiger partial charge in [-0.2, -0.15) is 0 Å². The van der Waals surface area contributed by atoms with E-state index < -0.39 is 5.56 Å². The summed E-state index contributed by atoms with van der Waals surface area (Å²) in [4.78, 5) is 13.7. The van der Waals surface area contributed by atoms with E-state index in [9.17, 15) is 15.0 Å². The molecule has 2 aromatic rings. The second-order valence-corrected chi connectivity index (χ2v) is 3.28. The van der Waals surface area contributed by atoms with Crippen molar-refractivity contribution < 1.29 is 10.2 Å². The fraction of sp³-hybridized carbons (Fsp3) is 0. The van der Waals surface area contributed by atoms with Crippen molar-refractivity contribution in [3.8, 4) is 11.5 Å². The minimum Gasteiger partial charge on any atom is -0.504 e. The van der Waals surface area contributed by atoms with Crippen LogP contribution in [0.2, 0.25) is 5.15 Å². The molecule has 72 valence electrons. The molecule has 0 fully saturated rings. The van der Waals surface area contributed by atoms with E-state index in [2.05, 4.69) is 4.98 Å². The smallest absolute Gasteiger partial charge is 0.257 e. The third-order valence-corrected chi connectivity index (χ3v) is 2.11. The number of halogens is 1. The van der Waals surface area contributed by atoms with Crippen LogP contribution in [0, 0.1) is 0 Å². The standard InChI is InChI=1S/C9H6ClNO3/c10-8-2-4-1-6(12)7(13)3-5(4)9(14)11-8/h1-3,12-13H,(H,11,14). The Morgan fingerprint density at radius 2 is 1.79 bits per heavy atom. The number of rotatable bonds is 0. The van der Waals surface area contributed by atoms with Gasteiger partial charge in [-0.25, -0.2) is 0 Å². The monoisotopic (exact) mass is 211 g/mol. The first-order valence-electron chi connectivity index (χ1n) is 3.82. The number of aromatic hydroxyl groups is 2. The molecule has 0 saturated heterocycles. The number of hydrogen-bond donors (Lipinski definition) is 3. The summed E-state index contributed by atoms with van der Waals surface area (Å²) in [6, 6.07) is 3.98. The quantitative estimate of drug-likeness (QED) is 0.458. The molecule has 2 rings (SSSR count). The van der Waals surface area contributed by atoms with E-state index in [1.807, 2.05) is 0 Å². The van der Waals surface area contributed by atoms with Crippen LogP contribution in [-0.4, -0.2) is 15.2 Å². The predicted molar refractivity (Wildman–Crippen MR) is 52.9 cm³/mol. The first kappa shape index (κ1) is 8.90. The van der Waals surface area contributed by atoms with Crippen LogP contribution in [0.3, 0.4) is 0 Å². The summed E-state index contributed by atoms with van der Waals surface area (Å²) in [6.45, 7) is 0. The highest BCUT2D eigenvalue weighted by Crippen LogP contribution is 2.28. The number of fused-ring (bicyclic) bond motifs is 1. The summed E-state index contributed by atoms with van der Waals surface area (Å²) >= 11 is 5.62. The largest absolute Gasteiger partial charge is 0.504 e. The number of phenols is 2. The number of pyridine rings is 1. The van der Waals surface area contributed by atoms with Crippen LogP contribution in [0.1, 0.15) is 0 Å². The Kier molecular flexibility index (Phi) is 1.86. The highest BCUT2D eigenvalue weighted by Gasteiger charge is 2.05. The van der Waals surface area contributed by atoms with Gasteiger partial charge in [-0.3, -0.25) is 4.79 Å². The van der Waals surface area contributed by atoms with Gasteiger partial charge in [0.1, 0.15) is 5.15 Å². The number of nitrogens with one attached hydrogen (secondary N) is 1. The molecular formula is C9H6ClNO3. The first-order chi connectivity index (χ1) is 6.58. The van der Waals surface area contributed by atoms with Gasteiger partial charge in [-0.05, 0) is 23.6 Å².